The number of nitrogens with zero attached hydrogens (tertiary/aromatic N) is 4. The molecule has 0 bridgehead atoms. The van der Waals surface area contributed by atoms with Crippen LogP contribution in [0.25, 0.3) is 0 Å². The lowest BCUT2D eigenvalue weighted by atomic mass is 10.2. The molecule has 0 aromatic heterocycles. The van der Waals surface area contributed by atoms with Gasteiger partial charge in [0.15, 0.2) is 5.11 Å². The van der Waals surface area contributed by atoms with E-state index in [1.54, 1.807) is 14.1 Å². The van der Waals surface area contributed by atoms with Gasteiger partial charge in [0.05, 0.1) is 5.75 Å². The Morgan fingerprint density at radius 3 is 2.26 bits per heavy atom. The van der Waals surface area contributed by atoms with E-state index in [1.165, 1.54) is 10.0 Å². The lowest BCUT2D eigenvalue weighted by molar-refractivity contribution is -0.121. The Hall–Kier alpha value is -1.50. The molecule has 1 rings (SSSR count). The number of carbonyl (C=O) groups is 1. The van der Waals surface area contributed by atoms with Crippen LogP contribution in [-0.2, 0) is 4.79 Å². The van der Waals surface area contributed by atoms with E-state index in [-0.39, 0.29) is 11.7 Å². The van der Waals surface area contributed by atoms with Crippen LogP contribution in [0.4, 0.5) is 0 Å². The van der Waals surface area contributed by atoms with Crippen LogP contribution in [0.5, 0.6) is 0 Å². The molecule has 0 heterocycles. The fourth-order valence-corrected chi connectivity index (χ4v) is 3.04. The van der Waals surface area contributed by atoms with Crippen LogP contribution in [0, 0.1) is 0 Å². The first-order valence-electron chi connectivity index (χ1n) is 8.33. The second kappa shape index (κ2) is 12.1. The first-order chi connectivity index (χ1) is 12.8. The average Bonchev–Trinajstić information content (AvgIpc) is 2.67. The van der Waals surface area contributed by atoms with E-state index >= 15 is 0 Å². The average molecular weight is 431 g/mol. The van der Waals surface area contributed by atoms with Crippen molar-refractivity contribution in [2.24, 2.45) is 0 Å². The summed E-state index contributed by atoms with van der Waals surface area (Å²) in [4.78, 5) is 14.5. The molecule has 1 aromatic carbocycles. The van der Waals surface area contributed by atoms with Crippen molar-refractivity contribution < 1.29 is 10.0 Å². The third-order valence-corrected chi connectivity index (χ3v) is 5.25. The number of hydrazine groups is 3. The van der Waals surface area contributed by atoms with Crippen LogP contribution in [0.3, 0.4) is 0 Å². The van der Waals surface area contributed by atoms with Gasteiger partial charge in [-0.1, -0.05) is 42.5 Å². The van der Waals surface area contributed by atoms with Gasteiger partial charge in [-0.25, -0.2) is 0 Å². The van der Waals surface area contributed by atoms with Crippen LogP contribution in [-0.4, -0.2) is 73.6 Å². The first-order valence-corrected chi connectivity index (χ1v) is 10.1. The lowest BCUT2D eigenvalue weighted by Crippen LogP contribution is -2.52. The van der Waals surface area contributed by atoms with E-state index in [0.717, 1.165) is 35.2 Å². The summed E-state index contributed by atoms with van der Waals surface area (Å²) in [7, 11) is 3.36. The van der Waals surface area contributed by atoms with Crippen molar-refractivity contribution in [3.8, 4) is 0 Å². The molecule has 3 N–H and O–H groups in total. The predicted octanol–water partition coefficient (Wildman–Crippen LogP) is 1.64. The monoisotopic (exact) mass is 430 g/mol. The normalized spacial score (nSPS) is 10.4. The van der Waals surface area contributed by atoms with Gasteiger partial charge in [0.25, 0.3) is 0 Å². The van der Waals surface area contributed by atoms with Crippen molar-refractivity contribution >= 4 is 52.4 Å². The summed E-state index contributed by atoms with van der Waals surface area (Å²) in [6.45, 7) is 5.51. The highest BCUT2D eigenvalue weighted by Gasteiger charge is 2.15. The summed E-state index contributed by atoms with van der Waals surface area (Å²) in [5.41, 5.74) is 6.17. The molecule has 0 saturated carbocycles. The first kappa shape index (κ1) is 23.5. The van der Waals surface area contributed by atoms with Gasteiger partial charge in [0, 0.05) is 32.7 Å². The highest BCUT2D eigenvalue weighted by molar-refractivity contribution is 7.97. The standard InChI is InChI=1S/C16H26N6O2S3/c1-5-21(6-2)16(26)20(4)18-22(24)27-12-14(23)17-19(3)15(25)13-10-8-7-9-11-13/h7-11,18,24H,5-6,12H2,1-4H3,(H,17,23). The molecular formula is C16H26N6O2S3. The summed E-state index contributed by atoms with van der Waals surface area (Å²) in [6.07, 6.45) is 0. The van der Waals surface area contributed by atoms with Crippen molar-refractivity contribution in [1.82, 2.24) is 30.5 Å². The Kier molecular flexibility index (Phi) is 10.5. The van der Waals surface area contributed by atoms with Gasteiger partial charge in [-0.05, 0) is 42.6 Å². The minimum absolute atomic E-state index is 0.0168. The largest absolute Gasteiger partial charge is 0.349 e. The molecule has 11 heteroatoms. The number of amides is 1. The zero-order valence-corrected chi connectivity index (χ0v) is 18.3. The van der Waals surface area contributed by atoms with E-state index < -0.39 is 0 Å². The predicted molar refractivity (Wildman–Crippen MR) is 117 cm³/mol. The molecule has 8 nitrogen and oxygen atoms in total. The molecule has 0 unspecified atom stereocenters. The quantitative estimate of drug-likeness (QED) is 0.322. The Bertz CT molecular complexity index is 630. The lowest BCUT2D eigenvalue weighted by Gasteiger charge is -2.31. The van der Waals surface area contributed by atoms with Gasteiger partial charge in [0.2, 0.25) is 5.91 Å². The van der Waals surface area contributed by atoms with Crippen molar-refractivity contribution in [2.45, 2.75) is 13.8 Å². The summed E-state index contributed by atoms with van der Waals surface area (Å²) in [5.74, 6) is -0.326. The third-order valence-electron chi connectivity index (χ3n) is 3.49. The number of rotatable bonds is 8. The second-order valence-electron chi connectivity index (χ2n) is 5.43. The smallest absolute Gasteiger partial charge is 0.249 e. The zero-order chi connectivity index (χ0) is 20.4. The van der Waals surface area contributed by atoms with Crippen LogP contribution in [0.1, 0.15) is 19.4 Å². The number of thiocarbonyl (C=S) groups is 2. The summed E-state index contributed by atoms with van der Waals surface area (Å²) in [6, 6.07) is 9.39. The van der Waals surface area contributed by atoms with Gasteiger partial charge in [0.1, 0.15) is 4.99 Å². The maximum atomic E-state index is 12.1. The maximum absolute atomic E-state index is 12.1. The molecule has 0 aliphatic carbocycles. The summed E-state index contributed by atoms with van der Waals surface area (Å²) >= 11 is 11.5. The van der Waals surface area contributed by atoms with Crippen molar-refractivity contribution in [2.75, 3.05) is 32.9 Å². The molecule has 150 valence electrons. The van der Waals surface area contributed by atoms with Gasteiger partial charge in [-0.3, -0.25) is 25.4 Å². The van der Waals surface area contributed by atoms with E-state index in [4.69, 9.17) is 24.4 Å². The number of benzene rings is 1. The van der Waals surface area contributed by atoms with E-state index in [1.807, 2.05) is 49.1 Å². The molecule has 0 saturated heterocycles. The molecule has 0 atom stereocenters. The fourth-order valence-electron chi connectivity index (χ4n) is 2.07. The van der Waals surface area contributed by atoms with Gasteiger partial charge in [-0.15, -0.1) is 5.53 Å². The van der Waals surface area contributed by atoms with Gasteiger partial charge < -0.3 is 4.90 Å². The minimum atomic E-state index is -0.310. The molecule has 27 heavy (non-hydrogen) atoms. The highest BCUT2D eigenvalue weighted by Crippen LogP contribution is 2.06. The molecule has 1 aromatic rings. The Morgan fingerprint density at radius 2 is 1.70 bits per heavy atom. The Labute approximate surface area is 175 Å². The highest BCUT2D eigenvalue weighted by atomic mass is 32.2. The molecule has 0 spiro atoms. The molecule has 0 fully saturated rings. The third kappa shape index (κ3) is 7.95. The topological polar surface area (TPSA) is 74.3 Å². The fraction of sp³-hybridized carbons (Fsp3) is 0.438. The molecule has 0 aliphatic rings. The van der Waals surface area contributed by atoms with Crippen molar-refractivity contribution in [3.05, 3.63) is 35.9 Å². The van der Waals surface area contributed by atoms with Crippen LogP contribution >= 0.6 is 36.4 Å². The molecule has 0 aliphatic heterocycles. The van der Waals surface area contributed by atoms with E-state index in [2.05, 4.69) is 11.0 Å². The van der Waals surface area contributed by atoms with Crippen molar-refractivity contribution in [3.63, 3.8) is 0 Å². The summed E-state index contributed by atoms with van der Waals surface area (Å²) in [5, 5.41) is 13.4. The van der Waals surface area contributed by atoms with E-state index in [9.17, 15) is 10.0 Å². The Balaban J connectivity index is 2.40. The minimum Gasteiger partial charge on any atom is -0.349 e. The maximum Gasteiger partial charge on any atom is 0.249 e. The molecule has 1 amide bonds. The van der Waals surface area contributed by atoms with Gasteiger partial charge >= 0.3 is 0 Å². The molecule has 0 radical (unpaired) electrons. The van der Waals surface area contributed by atoms with Crippen LogP contribution in [0.15, 0.2) is 30.3 Å². The Morgan fingerprint density at radius 1 is 1.11 bits per heavy atom. The zero-order valence-electron chi connectivity index (χ0n) is 15.9. The number of hydrogen-bond acceptors (Lipinski definition) is 7. The van der Waals surface area contributed by atoms with E-state index in [0.29, 0.717) is 10.1 Å². The SMILES string of the molecule is CCN(CC)C(=S)N(C)NN(O)SCC(=O)NN(C)C(=S)c1ccccc1. The molecular weight excluding hydrogens is 404 g/mol. The second-order valence-corrected chi connectivity index (χ2v) is 7.07. The van der Waals surface area contributed by atoms with Crippen LogP contribution in [0.2, 0.25) is 0 Å². The summed E-state index contributed by atoms with van der Waals surface area (Å²) < 4.78 is 0.741. The van der Waals surface area contributed by atoms with Crippen molar-refractivity contribution in [1.29, 1.82) is 0 Å². The van der Waals surface area contributed by atoms with Gasteiger partial charge in [-0.2, -0.15) is 0 Å². The van der Waals surface area contributed by atoms with Crippen LogP contribution < -0.4 is 11.0 Å². The number of carbonyl (C=O) groups excluding carboxylic acids is 1. The number of hydrogen-bond donors (Lipinski definition) is 3. The number of nitrogens with one attached hydrogen (secondary N) is 2.